The van der Waals surface area contributed by atoms with Gasteiger partial charge in [-0.25, -0.2) is 4.98 Å². The number of anilines is 1. The minimum atomic E-state index is -4.65. The molecule has 0 saturated carbocycles. The van der Waals surface area contributed by atoms with Crippen LogP contribution in [0.5, 0.6) is 0 Å². The summed E-state index contributed by atoms with van der Waals surface area (Å²) in [4.78, 5) is 43.7. The van der Waals surface area contributed by atoms with Crippen LogP contribution in [-0.2, 0) is 28.7 Å². The van der Waals surface area contributed by atoms with E-state index in [9.17, 15) is 27.6 Å². The molecule has 1 N–H and O–H groups in total. The molecule has 0 atom stereocenters. The van der Waals surface area contributed by atoms with Gasteiger partial charge in [0.05, 0.1) is 33.9 Å². The van der Waals surface area contributed by atoms with E-state index < -0.39 is 29.2 Å². The number of ether oxygens (including phenoxy) is 1. The fourth-order valence-corrected chi connectivity index (χ4v) is 5.89. The Balaban J connectivity index is 1.72. The second-order valence-corrected chi connectivity index (χ2v) is 10.4. The lowest BCUT2D eigenvalue weighted by atomic mass is 10.1. The monoisotopic (exact) mass is 575 g/mol. The van der Waals surface area contributed by atoms with Crippen molar-refractivity contribution < 1.29 is 27.5 Å². The molecule has 4 rings (SSSR count). The molecule has 0 bridgehead atoms. The maximum atomic E-state index is 13.7. The lowest BCUT2D eigenvalue weighted by Gasteiger charge is -2.13. The number of halogens is 3. The minimum absolute atomic E-state index is 0.0664. The van der Waals surface area contributed by atoms with Crippen LogP contribution in [0.25, 0.3) is 10.2 Å². The lowest BCUT2D eigenvalue weighted by Crippen LogP contribution is -2.25. The van der Waals surface area contributed by atoms with Gasteiger partial charge in [-0.3, -0.25) is 19.0 Å². The predicted octanol–water partition coefficient (Wildman–Crippen LogP) is 5.94. The average Bonchev–Trinajstić information content (AvgIpc) is 3.24. The van der Waals surface area contributed by atoms with Crippen LogP contribution in [0.3, 0.4) is 0 Å². The number of esters is 1. The van der Waals surface area contributed by atoms with Crippen molar-refractivity contribution >= 4 is 50.9 Å². The van der Waals surface area contributed by atoms with Crippen molar-refractivity contribution in [3.63, 3.8) is 0 Å². The van der Waals surface area contributed by atoms with Crippen LogP contribution in [0.1, 0.15) is 33.3 Å². The number of hydrogen-bond acceptors (Lipinski definition) is 7. The largest absolute Gasteiger partial charge is 0.465 e. The minimum Gasteiger partial charge on any atom is -0.465 e. The number of fused-ring (bicyclic) bond motifs is 1. The van der Waals surface area contributed by atoms with Gasteiger partial charge in [-0.1, -0.05) is 54.2 Å². The number of nitrogens with one attached hydrogen (secondary N) is 1. The van der Waals surface area contributed by atoms with Gasteiger partial charge in [-0.2, -0.15) is 13.2 Å². The predicted molar refractivity (Wildman–Crippen MR) is 146 cm³/mol. The molecule has 7 nitrogen and oxygen atoms in total. The van der Waals surface area contributed by atoms with Crippen LogP contribution in [-0.4, -0.2) is 33.8 Å². The van der Waals surface area contributed by atoms with Crippen molar-refractivity contribution in [2.45, 2.75) is 38.1 Å². The number of carbonyl (C=O) groups excluding carboxylic acids is 2. The van der Waals surface area contributed by atoms with E-state index in [1.54, 1.807) is 13.8 Å². The van der Waals surface area contributed by atoms with Crippen molar-refractivity contribution in [3.05, 3.63) is 86.5 Å². The molecular formula is C27H24F3N3O4S2. The third-order valence-corrected chi connectivity index (χ3v) is 7.93. The lowest BCUT2D eigenvalue weighted by molar-refractivity contribution is -0.140. The van der Waals surface area contributed by atoms with Crippen LogP contribution in [0.4, 0.5) is 18.9 Å². The van der Waals surface area contributed by atoms with Gasteiger partial charge in [0.1, 0.15) is 4.83 Å². The van der Waals surface area contributed by atoms with Crippen molar-refractivity contribution in [2.24, 2.45) is 0 Å². The van der Waals surface area contributed by atoms with Gasteiger partial charge in [-0.15, -0.1) is 11.3 Å². The van der Waals surface area contributed by atoms with Gasteiger partial charge in [0.2, 0.25) is 0 Å². The molecule has 0 unspecified atom stereocenters. The van der Waals surface area contributed by atoms with Gasteiger partial charge in [0, 0.05) is 6.54 Å². The highest BCUT2D eigenvalue weighted by molar-refractivity contribution is 7.99. The molecule has 12 heteroatoms. The normalized spacial score (nSPS) is 11.5. The third-order valence-electron chi connectivity index (χ3n) is 5.79. The molecule has 1 amide bonds. The Bertz CT molecular complexity index is 1570. The molecular weight excluding hydrogens is 551 g/mol. The van der Waals surface area contributed by atoms with Gasteiger partial charge in [0.15, 0.2) is 5.16 Å². The number of carbonyl (C=O) groups is 2. The molecule has 2 heterocycles. The Morgan fingerprint density at radius 3 is 2.49 bits per heavy atom. The number of nitrogens with zero attached hydrogens (tertiary/aromatic N) is 2. The molecule has 0 fully saturated rings. The summed E-state index contributed by atoms with van der Waals surface area (Å²) < 4.78 is 46.7. The van der Waals surface area contributed by atoms with E-state index in [1.165, 1.54) is 22.8 Å². The Hall–Kier alpha value is -3.64. The fraction of sp³-hybridized carbons (Fsp3) is 0.259. The second kappa shape index (κ2) is 12.0. The summed E-state index contributed by atoms with van der Waals surface area (Å²) in [6.45, 7) is 3.75. The van der Waals surface area contributed by atoms with Gasteiger partial charge in [0.25, 0.3) is 11.5 Å². The SMILES string of the molecule is CCOC(=O)CSc1nc2sc(C(=O)Nc3ccccc3C(F)(F)F)c(C)c2c(=O)n1CCc1ccccc1. The highest BCUT2D eigenvalue weighted by Gasteiger charge is 2.34. The van der Waals surface area contributed by atoms with Crippen molar-refractivity contribution in [1.29, 1.82) is 0 Å². The molecule has 2 aromatic carbocycles. The van der Waals surface area contributed by atoms with Crippen LogP contribution in [0, 0.1) is 6.92 Å². The van der Waals surface area contributed by atoms with Gasteiger partial charge < -0.3 is 10.1 Å². The van der Waals surface area contributed by atoms with E-state index in [2.05, 4.69) is 10.3 Å². The summed E-state index contributed by atoms with van der Waals surface area (Å²) in [5.41, 5.74) is -0.436. The maximum absolute atomic E-state index is 13.7. The van der Waals surface area contributed by atoms with E-state index in [-0.39, 0.29) is 44.8 Å². The van der Waals surface area contributed by atoms with Crippen molar-refractivity contribution in [1.82, 2.24) is 9.55 Å². The number of alkyl halides is 3. The Labute approximate surface area is 230 Å². The Morgan fingerprint density at radius 1 is 1.10 bits per heavy atom. The zero-order valence-corrected chi connectivity index (χ0v) is 22.6. The number of hydrogen-bond donors (Lipinski definition) is 1. The molecule has 2 aromatic heterocycles. The van der Waals surface area contributed by atoms with Gasteiger partial charge >= 0.3 is 12.1 Å². The summed E-state index contributed by atoms with van der Waals surface area (Å²) in [7, 11) is 0. The van der Waals surface area contributed by atoms with Crippen LogP contribution >= 0.6 is 23.1 Å². The Morgan fingerprint density at radius 2 is 1.79 bits per heavy atom. The summed E-state index contributed by atoms with van der Waals surface area (Å²) >= 11 is 1.96. The standard InChI is InChI=1S/C27H24F3N3O4S2/c1-3-37-20(34)15-38-26-32-24-21(25(36)33(26)14-13-17-9-5-4-6-10-17)16(2)22(39-24)23(35)31-19-12-8-7-11-18(19)27(28,29)30/h4-12H,3,13-15H2,1-2H3,(H,31,35). The highest BCUT2D eigenvalue weighted by Crippen LogP contribution is 2.36. The number of para-hydroxylation sites is 1. The number of benzene rings is 2. The van der Waals surface area contributed by atoms with Gasteiger partial charge in [-0.05, 0) is 43.5 Å². The quantitative estimate of drug-likeness (QED) is 0.151. The van der Waals surface area contributed by atoms with Crippen molar-refractivity contribution in [3.8, 4) is 0 Å². The summed E-state index contributed by atoms with van der Waals surface area (Å²) in [6.07, 6.45) is -4.14. The van der Waals surface area contributed by atoms with Crippen LogP contribution in [0.15, 0.2) is 64.5 Å². The number of aromatic nitrogens is 2. The second-order valence-electron chi connectivity index (χ2n) is 8.41. The molecule has 0 radical (unpaired) electrons. The molecule has 0 aliphatic heterocycles. The Kier molecular flexibility index (Phi) is 8.76. The van der Waals surface area contributed by atoms with E-state index >= 15 is 0 Å². The highest BCUT2D eigenvalue weighted by atomic mass is 32.2. The smallest absolute Gasteiger partial charge is 0.418 e. The molecule has 0 saturated heterocycles. The van der Waals surface area contributed by atoms with Crippen molar-refractivity contribution in [2.75, 3.05) is 17.7 Å². The molecule has 4 aromatic rings. The molecule has 204 valence electrons. The number of thioether (sulfide) groups is 1. The van der Waals surface area contributed by atoms with E-state index in [4.69, 9.17) is 4.74 Å². The first kappa shape index (κ1) is 28.4. The van der Waals surface area contributed by atoms with E-state index in [0.717, 1.165) is 34.7 Å². The summed E-state index contributed by atoms with van der Waals surface area (Å²) in [5.74, 6) is -1.30. The molecule has 0 aliphatic rings. The summed E-state index contributed by atoms with van der Waals surface area (Å²) in [6, 6.07) is 14.2. The molecule has 0 aliphatic carbocycles. The third kappa shape index (κ3) is 6.51. The first-order valence-electron chi connectivity index (χ1n) is 11.9. The number of aryl methyl sites for hydroxylation is 2. The number of thiophene rings is 1. The average molecular weight is 576 g/mol. The molecule has 0 spiro atoms. The molecule has 39 heavy (non-hydrogen) atoms. The van der Waals surface area contributed by atoms with Crippen LogP contribution < -0.4 is 10.9 Å². The van der Waals surface area contributed by atoms with E-state index in [1.807, 2.05) is 30.3 Å². The van der Waals surface area contributed by atoms with E-state index in [0.29, 0.717) is 12.0 Å². The topological polar surface area (TPSA) is 90.3 Å². The maximum Gasteiger partial charge on any atom is 0.418 e. The fourth-order valence-electron chi connectivity index (χ4n) is 3.95. The first-order chi connectivity index (χ1) is 18.6. The number of rotatable bonds is 9. The zero-order valence-electron chi connectivity index (χ0n) is 21.0. The van der Waals surface area contributed by atoms with Crippen LogP contribution in [0.2, 0.25) is 0 Å². The number of amides is 1. The summed E-state index contributed by atoms with van der Waals surface area (Å²) in [5, 5.41) is 2.83. The zero-order chi connectivity index (χ0) is 28.2. The first-order valence-corrected chi connectivity index (χ1v) is 13.7.